The van der Waals surface area contributed by atoms with Gasteiger partial charge in [0.05, 0.1) is 6.10 Å². The molecule has 0 aliphatic carbocycles. The highest BCUT2D eigenvalue weighted by Crippen LogP contribution is 2.14. The van der Waals surface area contributed by atoms with Crippen LogP contribution in [0.1, 0.15) is 38.5 Å². The quantitative estimate of drug-likeness (QED) is 0.691. The summed E-state index contributed by atoms with van der Waals surface area (Å²) in [5, 5.41) is 9.21. The van der Waals surface area contributed by atoms with Crippen LogP contribution in [0.25, 0.3) is 0 Å². The third-order valence-electron chi connectivity index (χ3n) is 1.82. The maximum atomic E-state index is 9.21. The van der Waals surface area contributed by atoms with Gasteiger partial charge < -0.3 is 9.67 Å². The lowest BCUT2D eigenvalue weighted by Crippen LogP contribution is -1.96. The van der Waals surface area contributed by atoms with Crippen LogP contribution in [0.4, 0.5) is 0 Å². The Kier molecular flexibility index (Phi) is 2.35. The van der Waals surface area contributed by atoms with Gasteiger partial charge in [0.1, 0.15) is 0 Å². The summed E-state index contributed by atoms with van der Waals surface area (Å²) < 4.78 is 2.09. The normalized spacial score (nSPS) is 13.9. The zero-order valence-electron chi connectivity index (χ0n) is 7.28. The number of hydrogen-bond donors (Lipinski definition) is 1. The fraction of sp³-hybridized carbons (Fsp3) is 0.556. The van der Waals surface area contributed by atoms with E-state index in [1.165, 1.54) is 0 Å². The summed E-state index contributed by atoms with van der Waals surface area (Å²) in [5.74, 6) is 0. The molecule has 0 radical (unpaired) electrons. The molecule has 1 unspecified atom stereocenters. The van der Waals surface area contributed by atoms with Gasteiger partial charge in [-0.3, -0.25) is 0 Å². The number of aliphatic hydroxyl groups is 1. The van der Waals surface area contributed by atoms with Crippen LogP contribution in [-0.2, 0) is 0 Å². The summed E-state index contributed by atoms with van der Waals surface area (Å²) in [5.41, 5.74) is 0.985. The third-order valence-corrected chi connectivity index (χ3v) is 1.82. The van der Waals surface area contributed by atoms with Gasteiger partial charge in [0.15, 0.2) is 0 Å². The van der Waals surface area contributed by atoms with E-state index in [2.05, 4.69) is 18.4 Å². The van der Waals surface area contributed by atoms with E-state index in [0.717, 1.165) is 5.56 Å². The van der Waals surface area contributed by atoms with Crippen LogP contribution in [-0.4, -0.2) is 9.67 Å². The van der Waals surface area contributed by atoms with Crippen LogP contribution in [0.5, 0.6) is 0 Å². The molecule has 0 aromatic carbocycles. The molecule has 0 aliphatic heterocycles. The number of hydrogen-bond acceptors (Lipinski definition) is 1. The molecule has 1 aromatic rings. The van der Waals surface area contributed by atoms with Gasteiger partial charge in [-0.15, -0.1) is 0 Å². The van der Waals surface area contributed by atoms with E-state index < -0.39 is 0 Å². The van der Waals surface area contributed by atoms with Crippen molar-refractivity contribution in [2.24, 2.45) is 0 Å². The topological polar surface area (TPSA) is 25.2 Å². The van der Waals surface area contributed by atoms with Crippen LogP contribution in [0.3, 0.4) is 0 Å². The summed E-state index contributed by atoms with van der Waals surface area (Å²) in [6.45, 7) is 6.01. The molecule has 0 spiro atoms. The Hall–Kier alpha value is -0.760. The summed E-state index contributed by atoms with van der Waals surface area (Å²) >= 11 is 0. The minimum Gasteiger partial charge on any atom is -0.389 e. The van der Waals surface area contributed by atoms with E-state index in [1.807, 2.05) is 18.5 Å². The van der Waals surface area contributed by atoms with Crippen molar-refractivity contribution in [1.29, 1.82) is 0 Å². The molecule has 1 N–H and O–H groups in total. The van der Waals surface area contributed by atoms with Gasteiger partial charge in [-0.2, -0.15) is 0 Å². The smallest absolute Gasteiger partial charge is 0.0776 e. The van der Waals surface area contributed by atoms with E-state index in [-0.39, 0.29) is 6.10 Å². The van der Waals surface area contributed by atoms with Crippen molar-refractivity contribution in [3.8, 4) is 0 Å². The monoisotopic (exact) mass is 153 g/mol. The third kappa shape index (κ3) is 1.84. The fourth-order valence-corrected chi connectivity index (χ4v) is 0.999. The molecule has 1 rings (SSSR count). The highest BCUT2D eigenvalue weighted by Gasteiger charge is 2.03. The maximum Gasteiger partial charge on any atom is 0.0776 e. The van der Waals surface area contributed by atoms with Crippen LogP contribution in [0, 0.1) is 0 Å². The number of aromatic nitrogens is 1. The van der Waals surface area contributed by atoms with E-state index in [9.17, 15) is 5.11 Å². The lowest BCUT2D eigenvalue weighted by molar-refractivity contribution is 0.199. The van der Waals surface area contributed by atoms with E-state index in [4.69, 9.17) is 0 Å². The zero-order valence-corrected chi connectivity index (χ0v) is 7.28. The second-order valence-electron chi connectivity index (χ2n) is 3.16. The molecular weight excluding hydrogens is 138 g/mol. The highest BCUT2D eigenvalue weighted by atomic mass is 16.3. The molecule has 0 aliphatic rings. The molecule has 1 aromatic heterocycles. The Morgan fingerprint density at radius 3 is 2.27 bits per heavy atom. The summed E-state index contributed by atoms with van der Waals surface area (Å²) in [6.07, 6.45) is 3.62. The predicted octanol–water partition coefficient (Wildman–Crippen LogP) is 2.12. The van der Waals surface area contributed by atoms with Gasteiger partial charge in [-0.1, -0.05) is 0 Å². The fourth-order valence-electron chi connectivity index (χ4n) is 0.999. The molecular formula is C9H15NO. The van der Waals surface area contributed by atoms with Gasteiger partial charge in [-0.25, -0.2) is 0 Å². The summed E-state index contributed by atoms with van der Waals surface area (Å²) in [4.78, 5) is 0. The van der Waals surface area contributed by atoms with Gasteiger partial charge in [0.2, 0.25) is 0 Å². The first-order valence-electron chi connectivity index (χ1n) is 3.96. The largest absolute Gasteiger partial charge is 0.389 e. The molecule has 0 saturated heterocycles. The SMILES string of the molecule is CC(O)c1ccn(C(C)C)c1. The van der Waals surface area contributed by atoms with E-state index in [1.54, 1.807) is 6.92 Å². The van der Waals surface area contributed by atoms with Gasteiger partial charge in [-0.05, 0) is 32.4 Å². The van der Waals surface area contributed by atoms with Crippen LogP contribution in [0.2, 0.25) is 0 Å². The lowest BCUT2D eigenvalue weighted by atomic mass is 10.2. The Bertz CT molecular complexity index is 203. The molecule has 0 amide bonds. The van der Waals surface area contributed by atoms with Gasteiger partial charge in [0, 0.05) is 18.4 Å². The predicted molar refractivity (Wildman–Crippen MR) is 45.5 cm³/mol. The lowest BCUT2D eigenvalue weighted by Gasteiger charge is -2.05. The van der Waals surface area contributed by atoms with Crippen LogP contribution in [0.15, 0.2) is 18.5 Å². The minimum absolute atomic E-state index is 0.352. The summed E-state index contributed by atoms with van der Waals surface area (Å²) in [6, 6.07) is 2.42. The Labute approximate surface area is 67.5 Å². The average Bonchev–Trinajstić information content (AvgIpc) is 2.33. The molecule has 62 valence electrons. The van der Waals surface area contributed by atoms with Crippen molar-refractivity contribution >= 4 is 0 Å². The van der Waals surface area contributed by atoms with Gasteiger partial charge >= 0.3 is 0 Å². The minimum atomic E-state index is -0.352. The Morgan fingerprint density at radius 2 is 2.00 bits per heavy atom. The average molecular weight is 153 g/mol. The number of aliphatic hydroxyl groups excluding tert-OH is 1. The van der Waals surface area contributed by atoms with Crippen molar-refractivity contribution in [3.05, 3.63) is 24.0 Å². The zero-order chi connectivity index (χ0) is 8.43. The molecule has 11 heavy (non-hydrogen) atoms. The van der Waals surface area contributed by atoms with E-state index in [0.29, 0.717) is 6.04 Å². The first-order valence-corrected chi connectivity index (χ1v) is 3.96. The number of rotatable bonds is 2. The molecule has 2 heteroatoms. The number of nitrogens with zero attached hydrogens (tertiary/aromatic N) is 1. The van der Waals surface area contributed by atoms with Crippen LogP contribution >= 0.6 is 0 Å². The van der Waals surface area contributed by atoms with Crippen molar-refractivity contribution in [3.63, 3.8) is 0 Å². The molecule has 0 fully saturated rings. The summed E-state index contributed by atoms with van der Waals surface area (Å²) in [7, 11) is 0. The Balaban J connectivity index is 2.82. The van der Waals surface area contributed by atoms with Crippen molar-refractivity contribution in [2.45, 2.75) is 32.9 Å². The maximum absolute atomic E-state index is 9.21. The highest BCUT2D eigenvalue weighted by molar-refractivity contribution is 5.13. The second-order valence-corrected chi connectivity index (χ2v) is 3.16. The standard InChI is InChI=1S/C9H15NO/c1-7(2)10-5-4-9(6-10)8(3)11/h4-8,11H,1-3H3. The Morgan fingerprint density at radius 1 is 1.36 bits per heavy atom. The molecule has 1 heterocycles. The van der Waals surface area contributed by atoms with Crippen molar-refractivity contribution in [1.82, 2.24) is 4.57 Å². The van der Waals surface area contributed by atoms with Crippen LogP contribution < -0.4 is 0 Å². The van der Waals surface area contributed by atoms with Crippen molar-refractivity contribution in [2.75, 3.05) is 0 Å². The second kappa shape index (κ2) is 3.09. The first-order chi connectivity index (χ1) is 5.11. The first kappa shape index (κ1) is 8.34. The molecule has 1 atom stereocenters. The van der Waals surface area contributed by atoms with Crippen molar-refractivity contribution < 1.29 is 5.11 Å². The van der Waals surface area contributed by atoms with Gasteiger partial charge in [0.25, 0.3) is 0 Å². The molecule has 0 saturated carbocycles. The molecule has 0 bridgehead atoms. The van der Waals surface area contributed by atoms with E-state index >= 15 is 0 Å². The molecule has 2 nitrogen and oxygen atoms in total.